The smallest absolute Gasteiger partial charge is 0.651 e. The molecule has 0 spiro atoms. The topological polar surface area (TPSA) is 71.6 Å². The molecule has 0 unspecified atom stereocenters. The van der Waals surface area contributed by atoms with Gasteiger partial charge >= 0.3 is 29.1 Å². The van der Waals surface area contributed by atoms with E-state index >= 15 is 0 Å². The third kappa shape index (κ3) is 7.96. The molecule has 0 saturated heterocycles. The summed E-state index contributed by atoms with van der Waals surface area (Å²) >= 11 is 5.29. The van der Waals surface area contributed by atoms with Crippen molar-refractivity contribution >= 4 is 62.4 Å². The number of fused-ring (bicyclic) bond motifs is 2. The van der Waals surface area contributed by atoms with Crippen LogP contribution in [-0.2, 0) is 26.4 Å². The van der Waals surface area contributed by atoms with Gasteiger partial charge in [0.15, 0.2) is 0 Å². The molecular weight excluding hydrogens is 645 g/mol. The third-order valence-corrected chi connectivity index (χ3v) is 6.51. The molecule has 15 heteroatoms. The van der Waals surface area contributed by atoms with Gasteiger partial charge in [-0.05, 0) is 52.3 Å². The van der Waals surface area contributed by atoms with Crippen molar-refractivity contribution in [2.75, 3.05) is 7.11 Å². The Balaban J connectivity index is 0.000000247. The summed E-state index contributed by atoms with van der Waals surface area (Å²) < 4.78 is 78.1. The number of ether oxygens (including phenoxy) is 1. The monoisotopic (exact) mass is 655 g/mol. The Morgan fingerprint density at radius 2 is 1.28 bits per heavy atom. The number of allylic oxidation sites excluding steroid dienone is 2. The molecular formula is C21H11BrCoF6N2O3S2. The van der Waals surface area contributed by atoms with Crippen LogP contribution in [0.25, 0.3) is 10.6 Å². The minimum absolute atomic E-state index is 0. The van der Waals surface area contributed by atoms with E-state index < -0.39 is 23.9 Å². The van der Waals surface area contributed by atoms with E-state index in [0.29, 0.717) is 34.2 Å². The largest absolute Gasteiger partial charge is 2.00 e. The number of methoxy groups -OCH3 is 1. The van der Waals surface area contributed by atoms with Crippen molar-refractivity contribution in [1.29, 1.82) is 0 Å². The van der Waals surface area contributed by atoms with E-state index in [1.54, 1.807) is 36.4 Å². The van der Waals surface area contributed by atoms with Crippen LogP contribution < -0.4 is 4.74 Å². The van der Waals surface area contributed by atoms with Gasteiger partial charge in [0, 0.05) is 4.47 Å². The number of ketones is 2. The van der Waals surface area contributed by atoms with Crippen molar-refractivity contribution < 1.29 is 57.4 Å². The molecule has 1 radical (unpaired) electrons. The maximum absolute atomic E-state index is 12.1. The molecule has 0 atom stereocenters. The SMILES string of the molecule is COc1ccc2c(c1)[N-]/C(=C\C(=O)C(F)(F)F)S2.O=C(/C=C1\[N-]c2cc(Br)ccc2S1)C(F)(F)F.[Co+2]. The van der Waals surface area contributed by atoms with Crippen LogP contribution >= 0.6 is 39.5 Å². The molecule has 2 aromatic carbocycles. The first-order valence-electron chi connectivity index (χ1n) is 9.19. The summed E-state index contributed by atoms with van der Waals surface area (Å²) in [5.41, 5.74) is 1.06. The number of carbonyl (C=O) groups is 2. The summed E-state index contributed by atoms with van der Waals surface area (Å²) in [6, 6.07) is 10.1. The quantitative estimate of drug-likeness (QED) is 0.246. The first-order chi connectivity index (χ1) is 16.3. The second kappa shape index (κ2) is 12.0. The molecule has 5 nitrogen and oxygen atoms in total. The molecule has 2 heterocycles. The molecule has 0 saturated carbocycles. The van der Waals surface area contributed by atoms with Gasteiger partial charge in [-0.1, -0.05) is 32.1 Å². The van der Waals surface area contributed by atoms with Crippen LogP contribution in [0.2, 0.25) is 0 Å². The van der Waals surface area contributed by atoms with Crippen LogP contribution in [0.3, 0.4) is 0 Å². The van der Waals surface area contributed by atoms with Crippen molar-refractivity contribution in [3.8, 4) is 5.75 Å². The Morgan fingerprint density at radius 1 is 0.833 bits per heavy atom. The number of hydrogen-bond acceptors (Lipinski definition) is 5. The van der Waals surface area contributed by atoms with Crippen LogP contribution in [0.5, 0.6) is 5.75 Å². The molecule has 2 aliphatic heterocycles. The minimum atomic E-state index is -4.87. The molecule has 36 heavy (non-hydrogen) atoms. The number of halogens is 7. The zero-order chi connectivity index (χ0) is 26.0. The fourth-order valence-electron chi connectivity index (χ4n) is 2.48. The number of thioether (sulfide) groups is 2. The fraction of sp³-hybridized carbons (Fsp3) is 0.143. The summed E-state index contributed by atoms with van der Waals surface area (Å²) in [5, 5.41) is 7.96. The number of alkyl halides is 6. The molecule has 2 aliphatic rings. The maximum Gasteiger partial charge on any atom is 2.00 e. The van der Waals surface area contributed by atoms with E-state index in [4.69, 9.17) is 4.74 Å². The Labute approximate surface area is 227 Å². The van der Waals surface area contributed by atoms with Crippen LogP contribution in [0.15, 0.2) is 72.9 Å². The Hall–Kier alpha value is -2.07. The Morgan fingerprint density at radius 3 is 1.72 bits per heavy atom. The maximum atomic E-state index is 12.1. The van der Waals surface area contributed by atoms with Gasteiger partial charge < -0.3 is 15.4 Å². The molecule has 0 fully saturated rings. The third-order valence-electron chi connectivity index (χ3n) is 4.05. The van der Waals surface area contributed by atoms with Gasteiger partial charge in [0.05, 0.1) is 7.11 Å². The second-order valence-corrected chi connectivity index (χ2v) is 9.60. The van der Waals surface area contributed by atoms with Gasteiger partial charge in [-0.3, -0.25) is 9.59 Å². The molecule has 0 bridgehead atoms. The summed E-state index contributed by atoms with van der Waals surface area (Å²) in [4.78, 5) is 23.0. The van der Waals surface area contributed by atoms with E-state index in [-0.39, 0.29) is 26.8 Å². The van der Waals surface area contributed by atoms with Crippen molar-refractivity contribution in [3.05, 3.63) is 73.7 Å². The molecule has 0 aliphatic carbocycles. The van der Waals surface area contributed by atoms with Gasteiger partial charge in [-0.15, -0.1) is 34.9 Å². The van der Waals surface area contributed by atoms with E-state index in [9.17, 15) is 35.9 Å². The number of benzene rings is 2. The summed E-state index contributed by atoms with van der Waals surface area (Å²) in [6.45, 7) is 0. The molecule has 2 aromatic rings. The molecule has 0 aromatic heterocycles. The average molecular weight is 656 g/mol. The Bertz CT molecular complexity index is 1240. The van der Waals surface area contributed by atoms with Crippen LogP contribution in [0.4, 0.5) is 37.7 Å². The normalized spacial score (nSPS) is 16.1. The number of hydrogen-bond donors (Lipinski definition) is 0. The first kappa shape index (κ1) is 30.2. The van der Waals surface area contributed by atoms with Crippen molar-refractivity contribution in [2.45, 2.75) is 22.1 Å². The number of rotatable bonds is 3. The van der Waals surface area contributed by atoms with Crippen LogP contribution in [0, 0.1) is 0 Å². The second-order valence-electron chi connectivity index (χ2n) is 6.56. The summed E-state index contributed by atoms with van der Waals surface area (Å²) in [5.74, 6) is -3.24. The van der Waals surface area contributed by atoms with Gasteiger partial charge in [-0.2, -0.15) is 26.3 Å². The van der Waals surface area contributed by atoms with Crippen LogP contribution in [-0.4, -0.2) is 31.0 Å². The van der Waals surface area contributed by atoms with Gasteiger partial charge in [0.25, 0.3) is 11.6 Å². The van der Waals surface area contributed by atoms with E-state index in [2.05, 4.69) is 26.6 Å². The zero-order valence-electron chi connectivity index (χ0n) is 17.5. The van der Waals surface area contributed by atoms with Crippen LogP contribution in [0.1, 0.15) is 0 Å². The van der Waals surface area contributed by atoms with Crippen molar-refractivity contribution in [3.63, 3.8) is 0 Å². The molecule has 193 valence electrons. The number of nitrogens with zero attached hydrogens (tertiary/aromatic N) is 2. The average Bonchev–Trinajstić information content (AvgIpc) is 3.34. The summed E-state index contributed by atoms with van der Waals surface area (Å²) in [6.07, 6.45) is -8.70. The van der Waals surface area contributed by atoms with Gasteiger partial charge in [0.1, 0.15) is 5.75 Å². The number of carbonyl (C=O) groups excluding carboxylic acids is 2. The molecule has 4 rings (SSSR count). The fourth-order valence-corrected chi connectivity index (χ4v) is 4.59. The van der Waals surface area contributed by atoms with E-state index in [1.807, 2.05) is 0 Å². The predicted octanol–water partition coefficient (Wildman–Crippen LogP) is 8.31. The Kier molecular flexibility index (Phi) is 10.0. The standard InChI is InChI=1S/C11H8F3NO2S.C10H5BrF3NOS.Co/c1-17-6-2-3-8-7(4-6)15-10(18-8)5-9(16)11(12,13)14;11-5-1-2-7-6(3-5)15-9(17-7)4-8(16)10(12,13)14;/h2-5H,1H3,(H,15,16);1-4H,(H,15,16);/q;;+2/p-2. The molecule has 0 N–H and O–H groups in total. The predicted molar refractivity (Wildman–Crippen MR) is 123 cm³/mol. The summed E-state index contributed by atoms with van der Waals surface area (Å²) in [7, 11) is 1.48. The van der Waals surface area contributed by atoms with Crippen molar-refractivity contribution in [2.24, 2.45) is 0 Å². The first-order valence-corrected chi connectivity index (χ1v) is 11.6. The van der Waals surface area contributed by atoms with E-state index in [1.165, 1.54) is 7.11 Å². The van der Waals surface area contributed by atoms with E-state index in [0.717, 1.165) is 32.9 Å². The minimum Gasteiger partial charge on any atom is -0.651 e. The zero-order valence-corrected chi connectivity index (χ0v) is 21.8. The molecule has 0 amide bonds. The van der Waals surface area contributed by atoms with Crippen molar-refractivity contribution in [1.82, 2.24) is 0 Å². The van der Waals surface area contributed by atoms with Gasteiger partial charge in [-0.25, -0.2) is 0 Å². The van der Waals surface area contributed by atoms with Gasteiger partial charge in [0.2, 0.25) is 0 Å².